The number of rotatable bonds is 3. The van der Waals surface area contributed by atoms with Crippen LogP contribution in [0.4, 0.5) is 0 Å². The second-order valence-corrected chi connectivity index (χ2v) is 5.70. The maximum absolute atomic E-state index is 11.3. The number of amides is 2. The second-order valence-electron chi connectivity index (χ2n) is 5.70. The van der Waals surface area contributed by atoms with E-state index in [0.29, 0.717) is 0 Å². The van der Waals surface area contributed by atoms with Crippen LogP contribution in [-0.4, -0.2) is 96.9 Å². The molecule has 0 atom stereocenters. The third-order valence-electron chi connectivity index (χ3n) is 4.37. The molecule has 114 valence electrons. The Morgan fingerprint density at radius 3 is 1.20 bits per heavy atom. The Morgan fingerprint density at radius 2 is 0.950 bits per heavy atom. The van der Waals surface area contributed by atoms with Crippen LogP contribution in [0.1, 0.15) is 13.8 Å². The van der Waals surface area contributed by atoms with Gasteiger partial charge in [0.1, 0.15) is 0 Å². The van der Waals surface area contributed by atoms with Crippen LogP contribution in [-0.2, 0) is 9.59 Å². The van der Waals surface area contributed by atoms with Gasteiger partial charge < -0.3 is 9.80 Å². The van der Waals surface area contributed by atoms with E-state index in [9.17, 15) is 9.59 Å². The largest absolute Gasteiger partial charge is 0.340 e. The van der Waals surface area contributed by atoms with E-state index in [1.807, 2.05) is 9.80 Å². The molecule has 0 radical (unpaired) electrons. The van der Waals surface area contributed by atoms with Crippen LogP contribution in [0.25, 0.3) is 0 Å². The zero-order chi connectivity index (χ0) is 14.5. The highest BCUT2D eigenvalue weighted by molar-refractivity contribution is 5.73. The van der Waals surface area contributed by atoms with E-state index < -0.39 is 0 Å². The first kappa shape index (κ1) is 15.3. The van der Waals surface area contributed by atoms with Gasteiger partial charge in [-0.15, -0.1) is 0 Å². The summed E-state index contributed by atoms with van der Waals surface area (Å²) >= 11 is 0. The first-order valence-electron chi connectivity index (χ1n) is 7.52. The van der Waals surface area contributed by atoms with Crippen LogP contribution in [0.15, 0.2) is 0 Å². The molecule has 2 fully saturated rings. The molecule has 0 spiro atoms. The minimum Gasteiger partial charge on any atom is -0.340 e. The molecule has 2 amide bonds. The molecule has 2 rings (SSSR count). The standard InChI is InChI=1S/C14H26N4O2/c1-13(19)17-9-5-15(6-10-17)3-4-16-7-11-18(12-8-16)14(2)20/h3-12H2,1-2H3. The van der Waals surface area contributed by atoms with Crippen molar-refractivity contribution in [2.24, 2.45) is 0 Å². The zero-order valence-electron chi connectivity index (χ0n) is 12.7. The lowest BCUT2D eigenvalue weighted by Crippen LogP contribution is -2.52. The molecular formula is C14H26N4O2. The van der Waals surface area contributed by atoms with Crippen LogP contribution in [0.5, 0.6) is 0 Å². The normalized spacial score (nSPS) is 22.1. The van der Waals surface area contributed by atoms with Gasteiger partial charge in [-0.2, -0.15) is 0 Å². The molecule has 0 aromatic rings. The van der Waals surface area contributed by atoms with Gasteiger partial charge in [-0.1, -0.05) is 0 Å². The molecule has 0 bridgehead atoms. The Kier molecular flexibility index (Phi) is 5.37. The summed E-state index contributed by atoms with van der Waals surface area (Å²) in [6, 6.07) is 0. The molecule has 0 saturated carbocycles. The molecule has 0 N–H and O–H groups in total. The van der Waals surface area contributed by atoms with E-state index in [0.717, 1.165) is 65.4 Å². The van der Waals surface area contributed by atoms with Crippen molar-refractivity contribution >= 4 is 11.8 Å². The second kappa shape index (κ2) is 7.04. The summed E-state index contributed by atoms with van der Waals surface area (Å²) in [5.41, 5.74) is 0. The molecule has 2 heterocycles. The van der Waals surface area contributed by atoms with Gasteiger partial charge in [-0.3, -0.25) is 19.4 Å². The Labute approximate surface area is 121 Å². The lowest BCUT2D eigenvalue weighted by atomic mass is 10.3. The van der Waals surface area contributed by atoms with Crippen molar-refractivity contribution in [1.29, 1.82) is 0 Å². The smallest absolute Gasteiger partial charge is 0.219 e. The minimum absolute atomic E-state index is 0.185. The molecule has 2 aliphatic rings. The summed E-state index contributed by atoms with van der Waals surface area (Å²) in [6.07, 6.45) is 0. The lowest BCUT2D eigenvalue weighted by molar-refractivity contribution is -0.131. The predicted octanol–water partition coefficient (Wildman–Crippen LogP) is -0.685. The first-order chi connectivity index (χ1) is 9.56. The van der Waals surface area contributed by atoms with E-state index in [1.165, 1.54) is 0 Å². The van der Waals surface area contributed by atoms with Crippen molar-refractivity contribution in [3.8, 4) is 0 Å². The number of nitrogens with zero attached hydrogens (tertiary/aromatic N) is 4. The molecule has 2 aliphatic heterocycles. The van der Waals surface area contributed by atoms with Gasteiger partial charge in [0.2, 0.25) is 11.8 Å². The van der Waals surface area contributed by atoms with Crippen molar-refractivity contribution in [2.75, 3.05) is 65.4 Å². The quantitative estimate of drug-likeness (QED) is 0.688. The van der Waals surface area contributed by atoms with E-state index in [4.69, 9.17) is 0 Å². The molecule has 0 aliphatic carbocycles. The van der Waals surface area contributed by atoms with Crippen molar-refractivity contribution < 1.29 is 9.59 Å². The third-order valence-corrected chi connectivity index (χ3v) is 4.37. The van der Waals surface area contributed by atoms with Crippen LogP contribution in [0.2, 0.25) is 0 Å². The van der Waals surface area contributed by atoms with E-state index in [1.54, 1.807) is 13.8 Å². The maximum atomic E-state index is 11.3. The zero-order valence-corrected chi connectivity index (χ0v) is 12.7. The fourth-order valence-corrected chi connectivity index (χ4v) is 2.86. The van der Waals surface area contributed by atoms with Crippen molar-refractivity contribution in [2.45, 2.75) is 13.8 Å². The fraction of sp³-hybridized carbons (Fsp3) is 0.857. The van der Waals surface area contributed by atoms with Crippen molar-refractivity contribution in [3.63, 3.8) is 0 Å². The first-order valence-corrected chi connectivity index (χ1v) is 7.52. The van der Waals surface area contributed by atoms with Crippen molar-refractivity contribution in [3.05, 3.63) is 0 Å². The van der Waals surface area contributed by atoms with Gasteiger partial charge >= 0.3 is 0 Å². The highest BCUT2D eigenvalue weighted by atomic mass is 16.2. The van der Waals surface area contributed by atoms with E-state index >= 15 is 0 Å². The minimum atomic E-state index is 0.185. The SMILES string of the molecule is CC(=O)N1CCN(CCN2CCN(C(C)=O)CC2)CC1. The highest BCUT2D eigenvalue weighted by Crippen LogP contribution is 2.05. The van der Waals surface area contributed by atoms with Gasteiger partial charge in [-0.05, 0) is 0 Å². The molecule has 0 aromatic heterocycles. The Bertz CT molecular complexity index is 311. The lowest BCUT2D eigenvalue weighted by Gasteiger charge is -2.37. The Morgan fingerprint density at radius 1 is 0.650 bits per heavy atom. The average molecular weight is 282 g/mol. The molecule has 0 unspecified atom stereocenters. The van der Waals surface area contributed by atoms with Gasteiger partial charge in [0, 0.05) is 79.3 Å². The summed E-state index contributed by atoms with van der Waals surface area (Å²) in [6.45, 7) is 12.7. The highest BCUT2D eigenvalue weighted by Gasteiger charge is 2.21. The third kappa shape index (κ3) is 4.18. The number of hydrogen-bond acceptors (Lipinski definition) is 4. The van der Waals surface area contributed by atoms with Gasteiger partial charge in [0.15, 0.2) is 0 Å². The van der Waals surface area contributed by atoms with E-state index in [-0.39, 0.29) is 11.8 Å². The summed E-state index contributed by atoms with van der Waals surface area (Å²) in [5.74, 6) is 0.370. The predicted molar refractivity (Wildman–Crippen MR) is 77.4 cm³/mol. The Balaban J connectivity index is 1.62. The fourth-order valence-electron chi connectivity index (χ4n) is 2.86. The summed E-state index contributed by atoms with van der Waals surface area (Å²) < 4.78 is 0. The Hall–Kier alpha value is -1.14. The molecule has 2 saturated heterocycles. The molecule has 0 aromatic carbocycles. The van der Waals surface area contributed by atoms with Crippen molar-refractivity contribution in [1.82, 2.24) is 19.6 Å². The van der Waals surface area contributed by atoms with Gasteiger partial charge in [-0.25, -0.2) is 0 Å². The molecule has 20 heavy (non-hydrogen) atoms. The summed E-state index contributed by atoms with van der Waals surface area (Å²) in [5, 5.41) is 0. The number of carbonyl (C=O) groups is 2. The maximum Gasteiger partial charge on any atom is 0.219 e. The number of piperazine rings is 2. The number of hydrogen-bond donors (Lipinski definition) is 0. The van der Waals surface area contributed by atoms with Gasteiger partial charge in [0.05, 0.1) is 0 Å². The summed E-state index contributed by atoms with van der Waals surface area (Å²) in [4.78, 5) is 31.2. The number of carbonyl (C=O) groups excluding carboxylic acids is 2. The average Bonchev–Trinajstić information content (AvgIpc) is 2.46. The summed E-state index contributed by atoms with van der Waals surface area (Å²) in [7, 11) is 0. The topological polar surface area (TPSA) is 47.1 Å². The monoisotopic (exact) mass is 282 g/mol. The van der Waals surface area contributed by atoms with Crippen LogP contribution in [0.3, 0.4) is 0 Å². The van der Waals surface area contributed by atoms with Gasteiger partial charge in [0.25, 0.3) is 0 Å². The van der Waals surface area contributed by atoms with Crippen LogP contribution < -0.4 is 0 Å². The van der Waals surface area contributed by atoms with Crippen LogP contribution in [0, 0.1) is 0 Å². The molecule has 6 nitrogen and oxygen atoms in total. The van der Waals surface area contributed by atoms with Crippen LogP contribution >= 0.6 is 0 Å². The van der Waals surface area contributed by atoms with E-state index in [2.05, 4.69) is 9.80 Å². The molecule has 6 heteroatoms. The molecular weight excluding hydrogens is 256 g/mol.